The van der Waals surface area contributed by atoms with Crippen molar-refractivity contribution in [3.63, 3.8) is 0 Å². The molecule has 3 amide bonds. The molecule has 2 bridgehead atoms. The molecule has 3 aliphatic heterocycles. The molecule has 1 N–H and O–H groups in total. The molecule has 24 heavy (non-hydrogen) atoms. The summed E-state index contributed by atoms with van der Waals surface area (Å²) in [5.74, 6) is -1.59. The second-order valence-corrected chi connectivity index (χ2v) is 6.26. The summed E-state index contributed by atoms with van der Waals surface area (Å²) in [5.41, 5.74) is 2.78. The van der Waals surface area contributed by atoms with Gasteiger partial charge in [0, 0.05) is 5.56 Å². The standard InChI is InChI=1S/C17H18N2O5/c1-2-23-10-5-3-4-9(8-10)15(20)18-19-16(21)13-11-6-7-12(24-11)14(13)17(19)22/h3-5,8,11-14H,2,6-7H2,1H3,(H,18,20)/t11-,12+,13+,14-. The highest BCUT2D eigenvalue weighted by molar-refractivity contribution is 6.08. The summed E-state index contributed by atoms with van der Waals surface area (Å²) in [7, 11) is 0. The second-order valence-electron chi connectivity index (χ2n) is 6.26. The third-order valence-electron chi connectivity index (χ3n) is 4.90. The lowest BCUT2D eigenvalue weighted by Gasteiger charge is -2.18. The second kappa shape index (κ2) is 5.59. The van der Waals surface area contributed by atoms with E-state index in [1.807, 2.05) is 6.92 Å². The van der Waals surface area contributed by atoms with Crippen LogP contribution in [0.25, 0.3) is 0 Å². The molecule has 1 aromatic carbocycles. The van der Waals surface area contributed by atoms with E-state index in [-0.39, 0.29) is 24.0 Å². The first-order chi connectivity index (χ1) is 11.6. The van der Waals surface area contributed by atoms with Crippen molar-refractivity contribution in [3.8, 4) is 5.75 Å². The molecule has 0 unspecified atom stereocenters. The number of imide groups is 1. The zero-order chi connectivity index (χ0) is 16.8. The van der Waals surface area contributed by atoms with Gasteiger partial charge in [-0.2, -0.15) is 5.01 Å². The Morgan fingerprint density at radius 2 is 1.92 bits per heavy atom. The molecule has 0 spiro atoms. The lowest BCUT2D eigenvalue weighted by atomic mass is 9.81. The fourth-order valence-electron chi connectivity index (χ4n) is 3.88. The Hall–Kier alpha value is -2.41. The number of benzene rings is 1. The molecule has 0 saturated carbocycles. The van der Waals surface area contributed by atoms with E-state index in [0.29, 0.717) is 17.9 Å². The lowest BCUT2D eigenvalue weighted by Crippen LogP contribution is -2.47. The summed E-state index contributed by atoms with van der Waals surface area (Å²) in [6.07, 6.45) is 1.20. The molecule has 0 radical (unpaired) electrons. The molecule has 3 aliphatic rings. The first-order valence-electron chi connectivity index (χ1n) is 8.17. The average molecular weight is 330 g/mol. The van der Waals surface area contributed by atoms with E-state index in [4.69, 9.17) is 9.47 Å². The van der Waals surface area contributed by atoms with Crippen LogP contribution < -0.4 is 10.2 Å². The molecule has 4 atom stereocenters. The molecule has 126 valence electrons. The SMILES string of the molecule is CCOc1cccc(C(=O)NN2C(=O)[C@@H]3[C@H](C2=O)[C@@H]2CC[C@H]3O2)c1. The van der Waals surface area contributed by atoms with Crippen LogP contribution >= 0.6 is 0 Å². The van der Waals surface area contributed by atoms with Gasteiger partial charge in [0.15, 0.2) is 0 Å². The van der Waals surface area contributed by atoms with Crippen molar-refractivity contribution in [1.29, 1.82) is 0 Å². The first-order valence-corrected chi connectivity index (χ1v) is 8.17. The van der Waals surface area contributed by atoms with E-state index in [0.717, 1.165) is 17.9 Å². The zero-order valence-corrected chi connectivity index (χ0v) is 13.2. The maximum atomic E-state index is 12.5. The van der Waals surface area contributed by atoms with Crippen molar-refractivity contribution < 1.29 is 23.9 Å². The molecule has 3 heterocycles. The van der Waals surface area contributed by atoms with Crippen molar-refractivity contribution in [2.45, 2.75) is 32.0 Å². The van der Waals surface area contributed by atoms with Gasteiger partial charge in [-0.15, -0.1) is 0 Å². The summed E-state index contributed by atoms with van der Waals surface area (Å²) in [5, 5.41) is 0.874. The number of nitrogens with one attached hydrogen (secondary N) is 1. The third kappa shape index (κ3) is 2.19. The number of fused-ring (bicyclic) bond motifs is 5. The molecule has 4 rings (SSSR count). The number of amides is 3. The summed E-state index contributed by atoms with van der Waals surface area (Å²) in [6, 6.07) is 6.62. The normalized spacial score (nSPS) is 30.6. The molecular weight excluding hydrogens is 312 g/mol. The van der Waals surface area contributed by atoms with Crippen molar-refractivity contribution in [2.75, 3.05) is 6.61 Å². The Labute approximate surface area is 138 Å². The highest BCUT2D eigenvalue weighted by Gasteiger charge is 2.62. The minimum Gasteiger partial charge on any atom is -0.494 e. The quantitative estimate of drug-likeness (QED) is 0.829. The smallest absolute Gasteiger partial charge is 0.270 e. The number of hydrazine groups is 1. The summed E-state index contributed by atoms with van der Waals surface area (Å²) in [4.78, 5) is 37.4. The van der Waals surface area contributed by atoms with Gasteiger partial charge in [0.05, 0.1) is 30.7 Å². The van der Waals surface area contributed by atoms with E-state index >= 15 is 0 Å². The van der Waals surface area contributed by atoms with Crippen molar-refractivity contribution in [3.05, 3.63) is 29.8 Å². The predicted molar refractivity (Wildman–Crippen MR) is 81.8 cm³/mol. The van der Waals surface area contributed by atoms with Gasteiger partial charge in [-0.25, -0.2) is 0 Å². The minimum atomic E-state index is -0.508. The number of hydrogen-bond donors (Lipinski definition) is 1. The van der Waals surface area contributed by atoms with Gasteiger partial charge in [0.2, 0.25) is 0 Å². The van der Waals surface area contributed by atoms with Crippen LogP contribution in [0.3, 0.4) is 0 Å². The summed E-state index contributed by atoms with van der Waals surface area (Å²) < 4.78 is 11.0. The van der Waals surface area contributed by atoms with Crippen LogP contribution in [-0.4, -0.2) is 41.5 Å². The third-order valence-corrected chi connectivity index (χ3v) is 4.90. The van der Waals surface area contributed by atoms with Gasteiger partial charge in [0.25, 0.3) is 17.7 Å². The molecular formula is C17H18N2O5. The highest BCUT2D eigenvalue weighted by atomic mass is 16.5. The van der Waals surface area contributed by atoms with Crippen molar-refractivity contribution >= 4 is 17.7 Å². The van der Waals surface area contributed by atoms with Crippen LogP contribution in [0.15, 0.2) is 24.3 Å². The van der Waals surface area contributed by atoms with Gasteiger partial charge in [-0.3, -0.25) is 19.8 Å². The maximum absolute atomic E-state index is 12.5. The van der Waals surface area contributed by atoms with Crippen molar-refractivity contribution in [1.82, 2.24) is 10.4 Å². The molecule has 0 aliphatic carbocycles. The Balaban J connectivity index is 1.51. The number of rotatable bonds is 4. The largest absolute Gasteiger partial charge is 0.494 e. The topological polar surface area (TPSA) is 84.9 Å². The summed E-state index contributed by atoms with van der Waals surface area (Å²) >= 11 is 0. The van der Waals surface area contributed by atoms with Crippen LogP contribution in [0.2, 0.25) is 0 Å². The number of carbonyl (C=O) groups excluding carboxylic acids is 3. The van der Waals surface area contributed by atoms with Crippen LogP contribution in [0.1, 0.15) is 30.1 Å². The minimum absolute atomic E-state index is 0.195. The van der Waals surface area contributed by atoms with Gasteiger partial charge >= 0.3 is 0 Å². The van der Waals surface area contributed by atoms with E-state index < -0.39 is 17.7 Å². The van der Waals surface area contributed by atoms with Crippen LogP contribution in [-0.2, 0) is 14.3 Å². The van der Waals surface area contributed by atoms with E-state index in [1.54, 1.807) is 24.3 Å². The van der Waals surface area contributed by atoms with E-state index in [9.17, 15) is 14.4 Å². The van der Waals surface area contributed by atoms with Gasteiger partial charge in [-0.05, 0) is 38.0 Å². The average Bonchev–Trinajstić information content (AvgIpc) is 3.25. The van der Waals surface area contributed by atoms with Crippen LogP contribution in [0.5, 0.6) is 5.75 Å². The molecule has 0 aromatic heterocycles. The number of nitrogens with zero attached hydrogens (tertiary/aromatic N) is 1. The number of ether oxygens (including phenoxy) is 2. The van der Waals surface area contributed by atoms with Crippen LogP contribution in [0.4, 0.5) is 0 Å². The van der Waals surface area contributed by atoms with Gasteiger partial charge in [0.1, 0.15) is 5.75 Å². The number of hydrogen-bond acceptors (Lipinski definition) is 5. The number of carbonyl (C=O) groups is 3. The van der Waals surface area contributed by atoms with Crippen LogP contribution in [0, 0.1) is 11.8 Å². The van der Waals surface area contributed by atoms with Gasteiger partial charge in [-0.1, -0.05) is 6.07 Å². The zero-order valence-electron chi connectivity index (χ0n) is 13.2. The fourth-order valence-corrected chi connectivity index (χ4v) is 3.88. The molecule has 3 fully saturated rings. The summed E-state index contributed by atoms with van der Waals surface area (Å²) in [6.45, 7) is 2.34. The maximum Gasteiger partial charge on any atom is 0.270 e. The highest BCUT2D eigenvalue weighted by Crippen LogP contribution is 2.48. The fraction of sp³-hybridized carbons (Fsp3) is 0.471. The van der Waals surface area contributed by atoms with Gasteiger partial charge < -0.3 is 9.47 Å². The van der Waals surface area contributed by atoms with E-state index in [2.05, 4.69) is 5.43 Å². The Bertz CT molecular complexity index is 691. The molecule has 7 nitrogen and oxygen atoms in total. The Kier molecular flexibility index (Phi) is 3.53. The lowest BCUT2D eigenvalue weighted by molar-refractivity contribution is -0.145. The van der Waals surface area contributed by atoms with E-state index in [1.165, 1.54) is 0 Å². The molecule has 7 heteroatoms. The molecule has 3 saturated heterocycles. The predicted octanol–water partition coefficient (Wildman–Crippen LogP) is 0.892. The Morgan fingerprint density at radius 3 is 2.54 bits per heavy atom. The Morgan fingerprint density at radius 1 is 1.25 bits per heavy atom. The first kappa shape index (κ1) is 15.1. The van der Waals surface area contributed by atoms with Crippen molar-refractivity contribution in [2.24, 2.45) is 11.8 Å². The monoisotopic (exact) mass is 330 g/mol. The molecule has 1 aromatic rings.